The van der Waals surface area contributed by atoms with Crippen LogP contribution in [-0.2, 0) is 14.1 Å². The molecule has 0 saturated heterocycles. The predicted molar refractivity (Wildman–Crippen MR) is 84.4 cm³/mol. The van der Waals surface area contributed by atoms with Crippen molar-refractivity contribution >= 4 is 23.9 Å². The Hall–Kier alpha value is -1.90. The van der Waals surface area contributed by atoms with E-state index < -0.39 is 19.3 Å². The monoisotopic (exact) mass is 303 g/mol. The van der Waals surface area contributed by atoms with E-state index in [2.05, 4.69) is 5.09 Å². The molecular formula is C16H18NO3P. The first-order chi connectivity index (χ1) is 10.1. The molecule has 0 aliphatic rings. The van der Waals surface area contributed by atoms with Crippen LogP contribution in [0.3, 0.4) is 0 Å². The summed E-state index contributed by atoms with van der Waals surface area (Å²) in [7, 11) is -1.78. The van der Waals surface area contributed by atoms with Crippen molar-refractivity contribution < 1.29 is 14.1 Å². The maximum absolute atomic E-state index is 13.5. The first-order valence-electron chi connectivity index (χ1n) is 6.65. The molecule has 0 saturated carbocycles. The minimum atomic E-state index is -3.10. The lowest BCUT2D eigenvalue weighted by molar-refractivity contribution is -0.142. The predicted octanol–water partition coefficient (Wildman–Crippen LogP) is 2.07. The third-order valence-electron chi connectivity index (χ3n) is 3.17. The van der Waals surface area contributed by atoms with E-state index in [1.807, 2.05) is 36.4 Å². The van der Waals surface area contributed by atoms with Crippen molar-refractivity contribution in [1.29, 1.82) is 0 Å². The summed E-state index contributed by atoms with van der Waals surface area (Å²) in [6.07, 6.45) is 0. The highest BCUT2D eigenvalue weighted by atomic mass is 31.2. The zero-order chi connectivity index (χ0) is 15.3. The Morgan fingerprint density at radius 3 is 1.81 bits per heavy atom. The van der Waals surface area contributed by atoms with Crippen LogP contribution in [0, 0.1) is 0 Å². The smallest absolute Gasteiger partial charge is 0.322 e. The number of carbonyl (C=O) groups excluding carboxylic acids is 1. The number of esters is 1. The molecule has 5 heteroatoms. The number of ether oxygens (including phenoxy) is 1. The first kappa shape index (κ1) is 15.5. The average molecular weight is 303 g/mol. The topological polar surface area (TPSA) is 55.4 Å². The Bertz CT molecular complexity index is 600. The molecule has 2 aromatic rings. The molecule has 2 rings (SSSR count). The van der Waals surface area contributed by atoms with Crippen molar-refractivity contribution in [3.8, 4) is 0 Å². The molecule has 0 aromatic heterocycles. The second kappa shape index (κ2) is 6.70. The van der Waals surface area contributed by atoms with Gasteiger partial charge in [-0.25, -0.2) is 5.09 Å². The van der Waals surface area contributed by atoms with Gasteiger partial charge in [-0.2, -0.15) is 0 Å². The van der Waals surface area contributed by atoms with E-state index in [0.717, 1.165) is 0 Å². The maximum Gasteiger partial charge on any atom is 0.322 e. The highest BCUT2D eigenvalue weighted by Gasteiger charge is 2.31. The lowest BCUT2D eigenvalue weighted by atomic mass is 10.4. The van der Waals surface area contributed by atoms with Crippen LogP contribution in [0.15, 0.2) is 60.7 Å². The molecule has 4 nitrogen and oxygen atoms in total. The molecule has 0 fully saturated rings. The fraction of sp³-hybridized carbons (Fsp3) is 0.188. The molecule has 1 atom stereocenters. The van der Waals surface area contributed by atoms with Crippen LogP contribution in [0.25, 0.3) is 0 Å². The zero-order valence-corrected chi connectivity index (χ0v) is 12.9. The van der Waals surface area contributed by atoms with Gasteiger partial charge in [0, 0.05) is 10.6 Å². The van der Waals surface area contributed by atoms with Crippen LogP contribution in [0.1, 0.15) is 6.92 Å². The minimum absolute atomic E-state index is 0.443. The zero-order valence-electron chi connectivity index (χ0n) is 12.0. The second-order valence-electron chi connectivity index (χ2n) is 4.65. The van der Waals surface area contributed by atoms with Crippen LogP contribution in [0.5, 0.6) is 0 Å². The Labute approximate surface area is 124 Å². The molecule has 110 valence electrons. The third-order valence-corrected chi connectivity index (χ3v) is 5.97. The molecule has 0 aliphatic carbocycles. The van der Waals surface area contributed by atoms with Crippen molar-refractivity contribution in [1.82, 2.24) is 5.09 Å². The van der Waals surface area contributed by atoms with Gasteiger partial charge in [0.2, 0.25) is 7.29 Å². The first-order valence-corrected chi connectivity index (χ1v) is 8.35. The third kappa shape index (κ3) is 3.41. The van der Waals surface area contributed by atoms with E-state index in [4.69, 9.17) is 4.74 Å². The van der Waals surface area contributed by atoms with Gasteiger partial charge in [-0.05, 0) is 31.2 Å². The van der Waals surface area contributed by atoms with Crippen LogP contribution in [-0.4, -0.2) is 19.1 Å². The molecule has 0 heterocycles. The largest absolute Gasteiger partial charge is 0.468 e. The molecule has 2 aromatic carbocycles. The Balaban J connectivity index is 2.46. The number of hydrogen-bond acceptors (Lipinski definition) is 3. The van der Waals surface area contributed by atoms with Gasteiger partial charge < -0.3 is 4.74 Å². The SMILES string of the molecule is COC(=O)[C@H](C)NP(=O)(c1ccccc1)c1ccccc1. The fourth-order valence-electron chi connectivity index (χ4n) is 2.08. The maximum atomic E-state index is 13.5. The summed E-state index contributed by atoms with van der Waals surface area (Å²) in [5.74, 6) is -0.443. The number of benzene rings is 2. The van der Waals surface area contributed by atoms with E-state index in [0.29, 0.717) is 10.6 Å². The van der Waals surface area contributed by atoms with E-state index in [1.165, 1.54) is 7.11 Å². The quantitative estimate of drug-likeness (QED) is 0.678. The summed E-state index contributed by atoms with van der Waals surface area (Å²) in [6.45, 7) is 1.64. The molecule has 0 amide bonds. The van der Waals surface area contributed by atoms with Crippen molar-refractivity contribution in [3.05, 3.63) is 60.7 Å². The highest BCUT2D eigenvalue weighted by molar-refractivity contribution is 7.77. The molecule has 0 unspecified atom stereocenters. The number of hydrogen-bond donors (Lipinski definition) is 1. The molecule has 0 aliphatic heterocycles. The van der Waals surface area contributed by atoms with E-state index in [9.17, 15) is 9.36 Å². The normalized spacial score (nSPS) is 12.7. The van der Waals surface area contributed by atoms with Gasteiger partial charge in [0.05, 0.1) is 7.11 Å². The highest BCUT2D eigenvalue weighted by Crippen LogP contribution is 2.39. The molecule has 0 bridgehead atoms. The fourth-order valence-corrected chi connectivity index (χ4v) is 4.51. The molecule has 0 spiro atoms. The van der Waals surface area contributed by atoms with Gasteiger partial charge in [-0.15, -0.1) is 0 Å². The average Bonchev–Trinajstić information content (AvgIpc) is 2.55. The van der Waals surface area contributed by atoms with E-state index in [1.54, 1.807) is 31.2 Å². The van der Waals surface area contributed by atoms with Crippen LogP contribution in [0.2, 0.25) is 0 Å². The molecule has 21 heavy (non-hydrogen) atoms. The Morgan fingerprint density at radius 1 is 1.00 bits per heavy atom. The van der Waals surface area contributed by atoms with E-state index in [-0.39, 0.29) is 0 Å². The molecular weight excluding hydrogens is 285 g/mol. The van der Waals surface area contributed by atoms with Gasteiger partial charge in [0.15, 0.2) is 0 Å². The minimum Gasteiger partial charge on any atom is -0.468 e. The van der Waals surface area contributed by atoms with Crippen LogP contribution >= 0.6 is 7.29 Å². The number of rotatable bonds is 5. The summed E-state index contributed by atoms with van der Waals surface area (Å²) in [6, 6.07) is 17.6. The van der Waals surface area contributed by atoms with Crippen LogP contribution in [0.4, 0.5) is 0 Å². The Morgan fingerprint density at radius 2 is 1.43 bits per heavy atom. The lowest BCUT2D eigenvalue weighted by Gasteiger charge is -2.23. The van der Waals surface area contributed by atoms with Crippen molar-refractivity contribution in [2.24, 2.45) is 0 Å². The number of nitrogens with one attached hydrogen (secondary N) is 1. The second-order valence-corrected chi connectivity index (χ2v) is 7.16. The van der Waals surface area contributed by atoms with Crippen LogP contribution < -0.4 is 15.7 Å². The standard InChI is InChI=1S/C16H18NO3P/c1-13(16(18)20-2)17-21(19,14-9-5-3-6-10-14)15-11-7-4-8-12-15/h3-13H,1-2H3,(H,17,19)/t13-/m0/s1. The summed E-state index contributed by atoms with van der Waals surface area (Å²) in [5.41, 5.74) is 0. The summed E-state index contributed by atoms with van der Waals surface area (Å²) in [5, 5.41) is 4.28. The molecule has 1 N–H and O–H groups in total. The molecule has 0 radical (unpaired) electrons. The van der Waals surface area contributed by atoms with Gasteiger partial charge in [0.25, 0.3) is 0 Å². The summed E-state index contributed by atoms with van der Waals surface area (Å²) < 4.78 is 18.2. The van der Waals surface area contributed by atoms with Crippen molar-refractivity contribution in [3.63, 3.8) is 0 Å². The summed E-state index contributed by atoms with van der Waals surface area (Å²) >= 11 is 0. The lowest BCUT2D eigenvalue weighted by Crippen LogP contribution is -2.38. The Kier molecular flexibility index (Phi) is 4.94. The van der Waals surface area contributed by atoms with Gasteiger partial charge in [-0.3, -0.25) is 9.36 Å². The van der Waals surface area contributed by atoms with Crippen molar-refractivity contribution in [2.45, 2.75) is 13.0 Å². The van der Waals surface area contributed by atoms with Gasteiger partial charge >= 0.3 is 5.97 Å². The van der Waals surface area contributed by atoms with E-state index >= 15 is 0 Å². The summed E-state index contributed by atoms with van der Waals surface area (Å²) in [4.78, 5) is 11.6. The van der Waals surface area contributed by atoms with Gasteiger partial charge in [0.1, 0.15) is 6.04 Å². The number of methoxy groups -OCH3 is 1. The number of carbonyl (C=O) groups is 1. The van der Waals surface area contributed by atoms with Gasteiger partial charge in [-0.1, -0.05) is 36.4 Å². The van der Waals surface area contributed by atoms with Crippen molar-refractivity contribution in [2.75, 3.05) is 7.11 Å².